The van der Waals surface area contributed by atoms with Crippen LogP contribution in [0.3, 0.4) is 0 Å². The predicted octanol–water partition coefficient (Wildman–Crippen LogP) is 2.57. The second-order valence-corrected chi connectivity index (χ2v) is 5.67. The van der Waals surface area contributed by atoms with Crippen LogP contribution < -0.4 is 9.47 Å². The second-order valence-electron chi connectivity index (χ2n) is 2.76. The van der Waals surface area contributed by atoms with Crippen molar-refractivity contribution < 1.29 is 31.1 Å². The molecule has 0 radical (unpaired) electrons. The van der Waals surface area contributed by atoms with E-state index in [0.717, 1.165) is 7.11 Å². The number of nitrogens with zero attached hydrogens (tertiary/aromatic N) is 1. The van der Waals surface area contributed by atoms with Gasteiger partial charge in [0, 0.05) is 10.7 Å². The minimum atomic E-state index is -5.09. The van der Waals surface area contributed by atoms with Gasteiger partial charge in [0.2, 0.25) is 5.75 Å². The number of alkyl halides is 3. The first-order valence-corrected chi connectivity index (χ1v) is 6.68. The standard InChI is InChI=1S/C7H4Cl2F3NO4S/c1-16-6-5(17-7(10,11)12)4(8)3(2-13-6)18(9,14)15/h2H,1H3. The van der Waals surface area contributed by atoms with Gasteiger partial charge in [-0.05, 0) is 0 Å². The SMILES string of the molecule is COc1ncc(S(=O)(=O)Cl)c(Cl)c1OC(F)(F)F. The van der Waals surface area contributed by atoms with Gasteiger partial charge in [0.1, 0.15) is 9.92 Å². The van der Waals surface area contributed by atoms with Gasteiger partial charge in [0.05, 0.1) is 13.3 Å². The van der Waals surface area contributed by atoms with Crippen molar-refractivity contribution in [3.8, 4) is 11.6 Å². The monoisotopic (exact) mass is 325 g/mol. The number of aromatic nitrogens is 1. The van der Waals surface area contributed by atoms with Crippen molar-refractivity contribution in [2.75, 3.05) is 7.11 Å². The molecule has 1 heterocycles. The van der Waals surface area contributed by atoms with E-state index in [1.807, 2.05) is 0 Å². The number of pyridine rings is 1. The molecule has 102 valence electrons. The molecular weight excluding hydrogens is 322 g/mol. The smallest absolute Gasteiger partial charge is 0.478 e. The molecule has 0 aliphatic heterocycles. The molecule has 1 aromatic heterocycles. The zero-order chi connectivity index (χ0) is 14.1. The van der Waals surface area contributed by atoms with Crippen molar-refractivity contribution in [3.05, 3.63) is 11.2 Å². The van der Waals surface area contributed by atoms with Crippen molar-refractivity contribution in [2.24, 2.45) is 0 Å². The molecule has 11 heteroatoms. The zero-order valence-electron chi connectivity index (χ0n) is 8.46. The molecule has 0 aliphatic carbocycles. The van der Waals surface area contributed by atoms with Crippen LogP contribution in [0.15, 0.2) is 11.1 Å². The summed E-state index contributed by atoms with van der Waals surface area (Å²) in [6.07, 6.45) is -4.43. The Hall–Kier alpha value is -0.930. The minimum Gasteiger partial charge on any atom is -0.478 e. The van der Waals surface area contributed by atoms with E-state index < -0.39 is 37.0 Å². The fourth-order valence-corrected chi connectivity index (χ4v) is 2.39. The Kier molecular flexibility index (Phi) is 4.19. The minimum absolute atomic E-state index is 0.624. The quantitative estimate of drug-likeness (QED) is 0.799. The summed E-state index contributed by atoms with van der Waals surface area (Å²) in [4.78, 5) is 2.50. The Morgan fingerprint density at radius 1 is 1.39 bits per heavy atom. The maximum absolute atomic E-state index is 12.1. The lowest BCUT2D eigenvalue weighted by Gasteiger charge is -2.14. The lowest BCUT2D eigenvalue weighted by Crippen LogP contribution is -2.18. The molecule has 1 aromatic rings. The average Bonchev–Trinajstić information content (AvgIpc) is 2.17. The van der Waals surface area contributed by atoms with Gasteiger partial charge in [-0.15, -0.1) is 13.2 Å². The molecule has 0 amide bonds. The first-order chi connectivity index (χ1) is 8.06. The lowest BCUT2D eigenvalue weighted by atomic mass is 10.4. The number of hydrogen-bond acceptors (Lipinski definition) is 5. The summed E-state index contributed by atoms with van der Waals surface area (Å²) in [5.41, 5.74) is 0. The first-order valence-electron chi connectivity index (χ1n) is 3.99. The topological polar surface area (TPSA) is 65.5 Å². The highest BCUT2D eigenvalue weighted by atomic mass is 35.7. The molecule has 0 aromatic carbocycles. The number of halogens is 5. The fourth-order valence-electron chi connectivity index (χ4n) is 0.958. The van der Waals surface area contributed by atoms with Crippen LogP contribution in [-0.4, -0.2) is 26.9 Å². The van der Waals surface area contributed by atoms with Crippen molar-refractivity contribution in [2.45, 2.75) is 11.3 Å². The van der Waals surface area contributed by atoms with Gasteiger partial charge in [-0.1, -0.05) is 11.6 Å². The molecule has 0 saturated heterocycles. The van der Waals surface area contributed by atoms with Crippen molar-refractivity contribution in [3.63, 3.8) is 0 Å². The van der Waals surface area contributed by atoms with Crippen molar-refractivity contribution in [1.29, 1.82) is 0 Å². The van der Waals surface area contributed by atoms with Crippen LogP contribution in [-0.2, 0) is 9.05 Å². The highest BCUT2D eigenvalue weighted by Gasteiger charge is 2.35. The van der Waals surface area contributed by atoms with Gasteiger partial charge in [0.15, 0.2) is 0 Å². The van der Waals surface area contributed by atoms with E-state index in [1.165, 1.54) is 0 Å². The van der Waals surface area contributed by atoms with Crippen molar-refractivity contribution >= 4 is 31.3 Å². The van der Waals surface area contributed by atoms with E-state index in [1.54, 1.807) is 0 Å². The van der Waals surface area contributed by atoms with E-state index in [2.05, 4.69) is 14.5 Å². The molecule has 0 fully saturated rings. The molecule has 18 heavy (non-hydrogen) atoms. The van der Waals surface area contributed by atoms with E-state index >= 15 is 0 Å². The third-order valence-corrected chi connectivity index (χ3v) is 3.40. The van der Waals surface area contributed by atoms with E-state index in [9.17, 15) is 21.6 Å². The third kappa shape index (κ3) is 3.53. The maximum atomic E-state index is 12.1. The van der Waals surface area contributed by atoms with E-state index in [-0.39, 0.29) is 0 Å². The van der Waals surface area contributed by atoms with Gasteiger partial charge in [0.25, 0.3) is 14.9 Å². The summed E-state index contributed by atoms with van der Waals surface area (Å²) in [5.74, 6) is -1.70. The van der Waals surface area contributed by atoms with Crippen LogP contribution in [0.1, 0.15) is 0 Å². The molecule has 0 saturated carbocycles. The summed E-state index contributed by atoms with van der Waals surface area (Å²) in [5, 5.41) is -0.867. The van der Waals surface area contributed by atoms with Crippen LogP contribution in [0.25, 0.3) is 0 Å². The normalized spacial score (nSPS) is 12.3. The van der Waals surface area contributed by atoms with Crippen LogP contribution in [0.5, 0.6) is 11.6 Å². The molecule has 0 bridgehead atoms. The van der Waals surface area contributed by atoms with Gasteiger partial charge in [-0.3, -0.25) is 0 Å². The summed E-state index contributed by atoms with van der Waals surface area (Å²) in [6.45, 7) is 0. The van der Waals surface area contributed by atoms with Crippen LogP contribution in [0.2, 0.25) is 5.02 Å². The number of methoxy groups -OCH3 is 1. The van der Waals surface area contributed by atoms with Crippen LogP contribution in [0, 0.1) is 0 Å². The Morgan fingerprint density at radius 3 is 2.33 bits per heavy atom. The zero-order valence-corrected chi connectivity index (χ0v) is 10.8. The van der Waals surface area contributed by atoms with E-state index in [0.29, 0.717) is 6.20 Å². The Bertz CT molecular complexity index is 561. The average molecular weight is 326 g/mol. The second kappa shape index (κ2) is 4.98. The molecule has 0 aliphatic rings. The van der Waals surface area contributed by atoms with Crippen LogP contribution >= 0.6 is 22.3 Å². The molecule has 0 atom stereocenters. The predicted molar refractivity (Wildman–Crippen MR) is 55.5 cm³/mol. The van der Waals surface area contributed by atoms with Gasteiger partial charge >= 0.3 is 6.36 Å². The molecule has 0 unspecified atom stereocenters. The lowest BCUT2D eigenvalue weighted by molar-refractivity contribution is -0.275. The van der Waals surface area contributed by atoms with Gasteiger partial charge in [-0.2, -0.15) is 0 Å². The first kappa shape index (κ1) is 15.1. The Balaban J connectivity index is 3.46. The summed E-state index contributed by atoms with van der Waals surface area (Å²) in [6, 6.07) is 0. The summed E-state index contributed by atoms with van der Waals surface area (Å²) in [7, 11) is 1.62. The molecule has 5 nitrogen and oxygen atoms in total. The van der Waals surface area contributed by atoms with Gasteiger partial charge in [-0.25, -0.2) is 13.4 Å². The summed E-state index contributed by atoms with van der Waals surface area (Å²) < 4.78 is 66.5. The largest absolute Gasteiger partial charge is 0.573 e. The maximum Gasteiger partial charge on any atom is 0.573 e. The molecular formula is C7H4Cl2F3NO4S. The summed E-state index contributed by atoms with van der Waals surface area (Å²) >= 11 is 5.47. The Morgan fingerprint density at radius 2 is 1.94 bits per heavy atom. The van der Waals surface area contributed by atoms with Crippen LogP contribution in [0.4, 0.5) is 13.2 Å². The van der Waals surface area contributed by atoms with Gasteiger partial charge < -0.3 is 9.47 Å². The fraction of sp³-hybridized carbons (Fsp3) is 0.286. The highest BCUT2D eigenvalue weighted by Crippen LogP contribution is 2.41. The molecule has 1 rings (SSSR count). The Labute approximate surface area is 109 Å². The van der Waals surface area contributed by atoms with Crippen molar-refractivity contribution in [1.82, 2.24) is 4.98 Å². The van der Waals surface area contributed by atoms with E-state index in [4.69, 9.17) is 22.3 Å². The highest BCUT2D eigenvalue weighted by molar-refractivity contribution is 8.13. The molecule has 0 spiro atoms. The third-order valence-electron chi connectivity index (χ3n) is 1.58. The number of hydrogen-bond donors (Lipinski definition) is 0. The number of rotatable bonds is 3. The number of ether oxygens (including phenoxy) is 2. The molecule has 0 N–H and O–H groups in total.